The van der Waals surface area contributed by atoms with Crippen LogP contribution in [0, 0.1) is 6.92 Å². The van der Waals surface area contributed by atoms with Gasteiger partial charge in [-0.2, -0.15) is 0 Å². The molecule has 1 aromatic heterocycles. The Morgan fingerprint density at radius 2 is 2.32 bits per heavy atom. The molecule has 19 heavy (non-hydrogen) atoms. The summed E-state index contributed by atoms with van der Waals surface area (Å²) in [6, 6.07) is 6.37. The summed E-state index contributed by atoms with van der Waals surface area (Å²) in [4.78, 5) is 7.98. The number of rotatable bonds is 3. The zero-order chi connectivity index (χ0) is 13.2. The molecule has 100 valence electrons. The maximum Gasteiger partial charge on any atom is 0.122 e. The van der Waals surface area contributed by atoms with Gasteiger partial charge in [-0.25, -0.2) is 4.98 Å². The molecule has 0 fully saturated rings. The van der Waals surface area contributed by atoms with Gasteiger partial charge in [-0.15, -0.1) is 0 Å². The Bertz CT molecular complexity index is 589. The van der Waals surface area contributed by atoms with Crippen molar-refractivity contribution in [3.63, 3.8) is 0 Å². The van der Waals surface area contributed by atoms with E-state index < -0.39 is 0 Å². The van der Waals surface area contributed by atoms with Crippen LogP contribution in [0.25, 0.3) is 11.3 Å². The minimum atomic E-state index is 0.759. The van der Waals surface area contributed by atoms with Crippen molar-refractivity contribution in [3.05, 3.63) is 35.3 Å². The van der Waals surface area contributed by atoms with Gasteiger partial charge in [0.25, 0.3) is 0 Å². The largest absolute Gasteiger partial charge is 0.493 e. The zero-order valence-corrected chi connectivity index (χ0v) is 11.4. The van der Waals surface area contributed by atoms with E-state index in [0.29, 0.717) is 0 Å². The van der Waals surface area contributed by atoms with Crippen LogP contribution in [-0.2, 0) is 13.0 Å². The second-order valence-electron chi connectivity index (χ2n) is 4.96. The number of nitrogens with zero attached hydrogens (tertiary/aromatic N) is 1. The number of H-pyrrole nitrogens is 1. The molecule has 1 aromatic carbocycles. The van der Waals surface area contributed by atoms with Crippen LogP contribution in [-0.4, -0.2) is 23.6 Å². The van der Waals surface area contributed by atoms with E-state index in [1.54, 1.807) is 0 Å². The molecule has 0 amide bonds. The van der Waals surface area contributed by atoms with Crippen LogP contribution in [0.5, 0.6) is 5.75 Å². The van der Waals surface area contributed by atoms with Crippen LogP contribution < -0.4 is 10.1 Å². The summed E-state index contributed by atoms with van der Waals surface area (Å²) in [5.74, 6) is 2.00. The average molecular weight is 257 g/mol. The summed E-state index contributed by atoms with van der Waals surface area (Å²) in [6.45, 7) is 3.66. The van der Waals surface area contributed by atoms with E-state index in [1.165, 1.54) is 11.1 Å². The van der Waals surface area contributed by atoms with Crippen LogP contribution >= 0.6 is 0 Å². The van der Waals surface area contributed by atoms with Crippen molar-refractivity contribution in [3.8, 4) is 17.0 Å². The van der Waals surface area contributed by atoms with Gasteiger partial charge in [0.2, 0.25) is 0 Å². The number of hydrogen-bond donors (Lipinski definition) is 2. The molecule has 2 heterocycles. The predicted octanol–water partition coefficient (Wildman–Crippen LogP) is 2.43. The molecule has 2 N–H and O–H groups in total. The first-order valence-electron chi connectivity index (χ1n) is 6.74. The van der Waals surface area contributed by atoms with Gasteiger partial charge in [0, 0.05) is 11.3 Å². The highest BCUT2D eigenvalue weighted by molar-refractivity contribution is 5.64. The topological polar surface area (TPSA) is 49.9 Å². The molecular formula is C15H19N3O. The van der Waals surface area contributed by atoms with Gasteiger partial charge in [0.1, 0.15) is 11.6 Å². The van der Waals surface area contributed by atoms with Gasteiger partial charge >= 0.3 is 0 Å². The Kier molecular flexibility index (Phi) is 3.25. The molecule has 0 saturated carbocycles. The second kappa shape index (κ2) is 5.05. The molecule has 4 heteroatoms. The van der Waals surface area contributed by atoms with Gasteiger partial charge in [-0.3, -0.25) is 0 Å². The van der Waals surface area contributed by atoms with Crippen molar-refractivity contribution >= 4 is 0 Å². The third-order valence-corrected chi connectivity index (χ3v) is 3.46. The van der Waals surface area contributed by atoms with E-state index in [4.69, 9.17) is 4.74 Å². The highest BCUT2D eigenvalue weighted by atomic mass is 16.5. The molecular weight excluding hydrogens is 238 g/mol. The number of aromatic amines is 1. The molecule has 4 nitrogen and oxygen atoms in total. The number of fused-ring (bicyclic) bond motifs is 1. The van der Waals surface area contributed by atoms with Crippen molar-refractivity contribution in [1.82, 2.24) is 15.3 Å². The van der Waals surface area contributed by atoms with Crippen molar-refractivity contribution in [2.24, 2.45) is 0 Å². The second-order valence-corrected chi connectivity index (χ2v) is 4.96. The molecule has 0 saturated heterocycles. The lowest BCUT2D eigenvalue weighted by molar-refractivity contribution is 0.288. The lowest BCUT2D eigenvalue weighted by atomic mass is 10.0. The first-order valence-corrected chi connectivity index (χ1v) is 6.74. The Labute approximate surface area is 113 Å². The summed E-state index contributed by atoms with van der Waals surface area (Å²) >= 11 is 0. The first-order chi connectivity index (χ1) is 9.28. The third-order valence-electron chi connectivity index (χ3n) is 3.46. The van der Waals surface area contributed by atoms with Gasteiger partial charge < -0.3 is 15.0 Å². The number of benzene rings is 1. The molecule has 1 aliphatic heterocycles. The molecule has 0 spiro atoms. The fraction of sp³-hybridized carbons (Fsp3) is 0.400. The number of imidazole rings is 1. The Balaban J connectivity index is 1.97. The maximum atomic E-state index is 5.65. The number of ether oxygens (including phenoxy) is 1. The highest BCUT2D eigenvalue weighted by Crippen LogP contribution is 2.30. The Morgan fingerprint density at radius 1 is 1.42 bits per heavy atom. The number of aromatic nitrogens is 2. The zero-order valence-electron chi connectivity index (χ0n) is 11.4. The summed E-state index contributed by atoms with van der Waals surface area (Å²) < 4.78 is 5.65. The lowest BCUT2D eigenvalue weighted by Gasteiger charge is -2.17. The SMILES string of the molecule is CNCc1nc(-c2ccc3c(c2)CCCO3)c(C)[nH]1. The van der Waals surface area contributed by atoms with Gasteiger partial charge in [0.05, 0.1) is 18.8 Å². The standard InChI is InChI=1S/C15H19N3O/c1-10-15(18-14(17-10)9-16-2)12-5-6-13-11(8-12)4-3-7-19-13/h5-6,8,16H,3-4,7,9H2,1-2H3,(H,17,18). The van der Waals surface area contributed by atoms with Crippen LogP contribution in [0.15, 0.2) is 18.2 Å². The quantitative estimate of drug-likeness (QED) is 0.888. The molecule has 0 unspecified atom stereocenters. The molecule has 0 aliphatic carbocycles. The first kappa shape index (κ1) is 12.2. The number of nitrogens with one attached hydrogen (secondary N) is 2. The van der Waals surface area contributed by atoms with Crippen LogP contribution in [0.3, 0.4) is 0 Å². The van der Waals surface area contributed by atoms with E-state index in [9.17, 15) is 0 Å². The molecule has 0 bridgehead atoms. The van der Waals surface area contributed by atoms with E-state index in [1.807, 2.05) is 7.05 Å². The van der Waals surface area contributed by atoms with Crippen LogP contribution in [0.4, 0.5) is 0 Å². The fourth-order valence-electron chi connectivity index (χ4n) is 2.56. The van der Waals surface area contributed by atoms with Gasteiger partial charge in [0.15, 0.2) is 0 Å². The van der Waals surface area contributed by atoms with Gasteiger partial charge in [-0.1, -0.05) is 0 Å². The molecule has 0 atom stereocenters. The lowest BCUT2D eigenvalue weighted by Crippen LogP contribution is -2.08. The number of aryl methyl sites for hydroxylation is 2. The van der Waals surface area contributed by atoms with Gasteiger partial charge in [-0.05, 0) is 50.6 Å². The normalized spacial score (nSPS) is 14.0. The van der Waals surface area contributed by atoms with E-state index in [-0.39, 0.29) is 0 Å². The van der Waals surface area contributed by atoms with E-state index >= 15 is 0 Å². The monoisotopic (exact) mass is 257 g/mol. The predicted molar refractivity (Wildman–Crippen MR) is 75.3 cm³/mol. The van der Waals surface area contributed by atoms with Crippen LogP contribution in [0.2, 0.25) is 0 Å². The Morgan fingerprint density at radius 3 is 3.16 bits per heavy atom. The Hall–Kier alpha value is -1.81. The smallest absolute Gasteiger partial charge is 0.122 e. The fourth-order valence-corrected chi connectivity index (χ4v) is 2.56. The molecule has 2 aromatic rings. The van der Waals surface area contributed by atoms with Crippen molar-refractivity contribution < 1.29 is 4.74 Å². The van der Waals surface area contributed by atoms with E-state index in [2.05, 4.69) is 40.4 Å². The van der Waals surface area contributed by atoms with Crippen molar-refractivity contribution in [1.29, 1.82) is 0 Å². The summed E-state index contributed by atoms with van der Waals surface area (Å²) in [5.41, 5.74) is 4.61. The summed E-state index contributed by atoms with van der Waals surface area (Å²) in [5, 5.41) is 3.11. The maximum absolute atomic E-state index is 5.65. The van der Waals surface area contributed by atoms with Crippen LogP contribution in [0.1, 0.15) is 23.5 Å². The minimum absolute atomic E-state index is 0.759. The molecule has 1 aliphatic rings. The summed E-state index contributed by atoms with van der Waals surface area (Å²) in [6.07, 6.45) is 2.19. The minimum Gasteiger partial charge on any atom is -0.493 e. The highest BCUT2D eigenvalue weighted by Gasteiger charge is 2.14. The van der Waals surface area contributed by atoms with Crippen molar-refractivity contribution in [2.45, 2.75) is 26.3 Å². The molecule has 3 rings (SSSR count). The van der Waals surface area contributed by atoms with Crippen molar-refractivity contribution in [2.75, 3.05) is 13.7 Å². The summed E-state index contributed by atoms with van der Waals surface area (Å²) in [7, 11) is 1.92. The third kappa shape index (κ3) is 2.36. The van der Waals surface area contributed by atoms with E-state index in [0.717, 1.165) is 49.0 Å². The average Bonchev–Trinajstić information content (AvgIpc) is 2.79. The number of hydrogen-bond acceptors (Lipinski definition) is 3. The molecule has 0 radical (unpaired) electrons.